The zero-order chi connectivity index (χ0) is 34.3. The van der Waals surface area contributed by atoms with E-state index in [0.29, 0.717) is 29.2 Å². The Labute approximate surface area is 289 Å². The molecule has 11 heteroatoms. The van der Waals surface area contributed by atoms with Gasteiger partial charge in [0.15, 0.2) is 0 Å². The number of anilines is 2. The SMILES string of the molecule is CCOC(=O)c1c(NC(=O)C(Sc2cccc(NC(=O)Cc3ccccc3)c2)c2ccccc2)sc2c1CCN(C(=O)OC(C)(C)C)C2. The maximum atomic E-state index is 14.1. The van der Waals surface area contributed by atoms with Crippen LogP contribution in [0.1, 0.15) is 64.9 Å². The highest BCUT2D eigenvalue weighted by atomic mass is 32.2. The molecule has 0 fully saturated rings. The van der Waals surface area contributed by atoms with Gasteiger partial charge >= 0.3 is 12.1 Å². The Morgan fingerprint density at radius 2 is 1.65 bits per heavy atom. The molecule has 48 heavy (non-hydrogen) atoms. The van der Waals surface area contributed by atoms with E-state index in [2.05, 4.69) is 10.6 Å². The number of rotatable bonds is 10. The Hall–Kier alpha value is -4.61. The van der Waals surface area contributed by atoms with Crippen LogP contribution in [-0.4, -0.2) is 47.5 Å². The van der Waals surface area contributed by atoms with Gasteiger partial charge in [0.25, 0.3) is 0 Å². The van der Waals surface area contributed by atoms with Crippen molar-refractivity contribution in [2.45, 2.75) is 62.8 Å². The normalized spacial score (nSPS) is 13.2. The summed E-state index contributed by atoms with van der Waals surface area (Å²) in [6, 6.07) is 26.3. The van der Waals surface area contributed by atoms with Crippen molar-refractivity contribution in [3.05, 3.63) is 112 Å². The van der Waals surface area contributed by atoms with Crippen molar-refractivity contribution in [1.82, 2.24) is 4.90 Å². The van der Waals surface area contributed by atoms with Crippen molar-refractivity contribution in [3.63, 3.8) is 0 Å². The Balaban J connectivity index is 1.38. The molecule has 4 aromatic rings. The van der Waals surface area contributed by atoms with Gasteiger partial charge in [-0.15, -0.1) is 23.1 Å². The molecule has 0 aliphatic carbocycles. The van der Waals surface area contributed by atoms with E-state index in [1.807, 2.05) is 106 Å². The van der Waals surface area contributed by atoms with Crippen LogP contribution in [0.5, 0.6) is 0 Å². The molecule has 0 bridgehead atoms. The van der Waals surface area contributed by atoms with E-state index in [9.17, 15) is 19.2 Å². The number of hydrogen-bond acceptors (Lipinski definition) is 8. The smallest absolute Gasteiger partial charge is 0.410 e. The Bertz CT molecular complexity index is 1770. The average Bonchev–Trinajstić information content (AvgIpc) is 3.41. The van der Waals surface area contributed by atoms with Crippen molar-refractivity contribution in [1.29, 1.82) is 0 Å². The van der Waals surface area contributed by atoms with Crippen LogP contribution in [0.15, 0.2) is 89.8 Å². The third kappa shape index (κ3) is 9.05. The summed E-state index contributed by atoms with van der Waals surface area (Å²) in [5.41, 5.74) is 2.77. The maximum Gasteiger partial charge on any atom is 0.410 e. The summed E-state index contributed by atoms with van der Waals surface area (Å²) in [6.45, 7) is 8.00. The number of thioether (sulfide) groups is 1. The van der Waals surface area contributed by atoms with Crippen molar-refractivity contribution in [2.75, 3.05) is 23.8 Å². The van der Waals surface area contributed by atoms with Gasteiger partial charge in [-0.2, -0.15) is 0 Å². The predicted molar refractivity (Wildman–Crippen MR) is 190 cm³/mol. The highest BCUT2D eigenvalue weighted by Gasteiger charge is 2.34. The lowest BCUT2D eigenvalue weighted by Gasteiger charge is -2.30. The van der Waals surface area contributed by atoms with Crippen molar-refractivity contribution in [2.24, 2.45) is 0 Å². The highest BCUT2D eigenvalue weighted by Crippen LogP contribution is 2.41. The van der Waals surface area contributed by atoms with Gasteiger partial charge in [0, 0.05) is 22.0 Å². The number of esters is 1. The number of fused-ring (bicyclic) bond motifs is 1. The van der Waals surface area contributed by atoms with E-state index in [1.54, 1.807) is 11.8 Å². The second kappa shape index (κ2) is 15.5. The summed E-state index contributed by atoms with van der Waals surface area (Å²) in [6.07, 6.45) is 0.245. The topological polar surface area (TPSA) is 114 Å². The van der Waals surface area contributed by atoms with Gasteiger partial charge in [0.1, 0.15) is 15.9 Å². The fraction of sp³-hybridized carbons (Fsp3) is 0.297. The third-order valence-corrected chi connectivity index (χ3v) is 9.72. The molecule has 9 nitrogen and oxygen atoms in total. The molecule has 1 aliphatic rings. The first-order valence-electron chi connectivity index (χ1n) is 15.8. The number of carbonyl (C=O) groups excluding carboxylic acids is 4. The number of benzene rings is 3. The zero-order valence-corrected chi connectivity index (χ0v) is 29.0. The summed E-state index contributed by atoms with van der Waals surface area (Å²) in [7, 11) is 0. The lowest BCUT2D eigenvalue weighted by Crippen LogP contribution is -2.39. The van der Waals surface area contributed by atoms with E-state index in [4.69, 9.17) is 9.47 Å². The van der Waals surface area contributed by atoms with Crippen LogP contribution in [0.25, 0.3) is 0 Å². The van der Waals surface area contributed by atoms with Gasteiger partial charge in [0.2, 0.25) is 11.8 Å². The molecule has 0 spiro atoms. The first kappa shape index (κ1) is 34.7. The molecule has 1 aliphatic heterocycles. The van der Waals surface area contributed by atoms with Gasteiger partial charge in [-0.1, -0.05) is 66.7 Å². The molecule has 3 aromatic carbocycles. The van der Waals surface area contributed by atoms with Gasteiger partial charge in [0.05, 0.1) is 25.1 Å². The number of ether oxygens (including phenoxy) is 2. The molecule has 5 rings (SSSR count). The fourth-order valence-electron chi connectivity index (χ4n) is 5.24. The minimum atomic E-state index is -0.686. The Morgan fingerprint density at radius 3 is 2.33 bits per heavy atom. The quantitative estimate of drug-likeness (QED) is 0.129. The molecule has 1 atom stereocenters. The number of thiophene rings is 1. The second-order valence-electron chi connectivity index (χ2n) is 12.2. The minimum Gasteiger partial charge on any atom is -0.462 e. The second-order valence-corrected chi connectivity index (χ2v) is 14.5. The molecule has 0 radical (unpaired) electrons. The lowest BCUT2D eigenvalue weighted by molar-refractivity contribution is -0.116. The molecule has 2 heterocycles. The van der Waals surface area contributed by atoms with E-state index in [1.165, 1.54) is 23.1 Å². The largest absolute Gasteiger partial charge is 0.462 e. The third-order valence-electron chi connectivity index (χ3n) is 7.34. The molecule has 0 saturated carbocycles. The average molecular weight is 686 g/mol. The molecule has 2 N–H and O–H groups in total. The highest BCUT2D eigenvalue weighted by molar-refractivity contribution is 8.00. The monoisotopic (exact) mass is 685 g/mol. The van der Waals surface area contributed by atoms with Gasteiger partial charge in [-0.3, -0.25) is 9.59 Å². The maximum absolute atomic E-state index is 14.1. The first-order chi connectivity index (χ1) is 23.0. The van der Waals surface area contributed by atoms with Crippen molar-refractivity contribution in [3.8, 4) is 0 Å². The van der Waals surface area contributed by atoms with Gasteiger partial charge in [-0.05, 0) is 69.0 Å². The number of carbonyl (C=O) groups is 4. The van der Waals surface area contributed by atoms with Crippen LogP contribution in [0.4, 0.5) is 15.5 Å². The molecule has 0 saturated heterocycles. The minimum absolute atomic E-state index is 0.140. The number of nitrogens with zero attached hydrogens (tertiary/aromatic N) is 1. The van der Waals surface area contributed by atoms with Crippen molar-refractivity contribution < 1.29 is 28.7 Å². The van der Waals surface area contributed by atoms with Crippen LogP contribution >= 0.6 is 23.1 Å². The summed E-state index contributed by atoms with van der Waals surface area (Å²) in [4.78, 5) is 56.1. The van der Waals surface area contributed by atoms with Crippen LogP contribution in [0.2, 0.25) is 0 Å². The number of nitrogens with one attached hydrogen (secondary N) is 2. The van der Waals surface area contributed by atoms with E-state index >= 15 is 0 Å². The summed E-state index contributed by atoms with van der Waals surface area (Å²) < 4.78 is 11.0. The van der Waals surface area contributed by atoms with Crippen LogP contribution in [0.3, 0.4) is 0 Å². The zero-order valence-electron chi connectivity index (χ0n) is 27.4. The first-order valence-corrected chi connectivity index (χ1v) is 17.5. The molecule has 250 valence electrons. The van der Waals surface area contributed by atoms with Crippen molar-refractivity contribution >= 4 is 57.7 Å². The van der Waals surface area contributed by atoms with E-state index in [-0.39, 0.29) is 31.4 Å². The van der Waals surface area contributed by atoms with Crippen LogP contribution in [-0.2, 0) is 38.4 Å². The fourth-order valence-corrected chi connectivity index (χ4v) is 7.58. The van der Waals surface area contributed by atoms with E-state index in [0.717, 1.165) is 26.5 Å². The summed E-state index contributed by atoms with van der Waals surface area (Å²) in [5, 5.41) is 5.69. The lowest BCUT2D eigenvalue weighted by atomic mass is 10.0. The molecular formula is C37H39N3O6S2. The summed E-state index contributed by atoms with van der Waals surface area (Å²) in [5.74, 6) is -0.976. The Kier molecular flexibility index (Phi) is 11.2. The number of amides is 3. The van der Waals surface area contributed by atoms with Crippen LogP contribution < -0.4 is 10.6 Å². The van der Waals surface area contributed by atoms with Gasteiger partial charge < -0.3 is 25.0 Å². The van der Waals surface area contributed by atoms with E-state index < -0.39 is 22.9 Å². The van der Waals surface area contributed by atoms with Crippen LogP contribution in [0, 0.1) is 0 Å². The Morgan fingerprint density at radius 1 is 0.938 bits per heavy atom. The molecule has 1 unspecified atom stereocenters. The summed E-state index contributed by atoms with van der Waals surface area (Å²) >= 11 is 2.61. The molecular weight excluding hydrogens is 647 g/mol. The predicted octanol–water partition coefficient (Wildman–Crippen LogP) is 7.87. The van der Waals surface area contributed by atoms with Gasteiger partial charge in [-0.25, -0.2) is 9.59 Å². The molecule has 1 aromatic heterocycles. The standard InChI is InChI=1S/C37H39N3O6S2/c1-5-45-35(43)31-28-19-20-40(36(44)46-37(2,3)4)23-29(28)48-34(31)39-33(42)32(25-15-10-7-11-16-25)47-27-18-12-17-26(22-27)38-30(41)21-24-13-8-6-9-14-24/h6-18,22,32H,5,19-21,23H2,1-4H3,(H,38,41)(H,39,42). The molecule has 3 amide bonds. The number of hydrogen-bond donors (Lipinski definition) is 2.